The van der Waals surface area contributed by atoms with Gasteiger partial charge in [-0.3, -0.25) is 4.79 Å². The first kappa shape index (κ1) is 18.5. The van der Waals surface area contributed by atoms with Gasteiger partial charge in [0.15, 0.2) is 0 Å². The second-order valence-corrected chi connectivity index (χ2v) is 4.40. The predicted molar refractivity (Wildman–Crippen MR) is 76.9 cm³/mol. The molecule has 0 spiro atoms. The molecule has 0 rings (SSSR count). The van der Waals surface area contributed by atoms with Gasteiger partial charge in [-0.25, -0.2) is 4.79 Å². The van der Waals surface area contributed by atoms with Gasteiger partial charge in [0.2, 0.25) is 6.41 Å². The third kappa shape index (κ3) is 7.15. The van der Waals surface area contributed by atoms with E-state index in [9.17, 15) is 9.59 Å². The minimum Gasteiger partial charge on any atom is -0.464 e. The Kier molecular flexibility index (Phi) is 10.4. The van der Waals surface area contributed by atoms with Gasteiger partial charge in [-0.1, -0.05) is 19.8 Å². The number of esters is 1. The van der Waals surface area contributed by atoms with Crippen LogP contribution in [0.4, 0.5) is 0 Å². The number of carbonyl (C=O) groups is 2. The Morgan fingerprint density at radius 1 is 1.30 bits per heavy atom. The van der Waals surface area contributed by atoms with Crippen LogP contribution in [0.2, 0.25) is 0 Å². The fourth-order valence-electron chi connectivity index (χ4n) is 1.82. The molecule has 5 heteroatoms. The fraction of sp³-hybridized carbons (Fsp3) is 0.733. The number of amides is 1. The second kappa shape index (κ2) is 11.3. The Morgan fingerprint density at radius 3 is 2.40 bits per heavy atom. The van der Waals surface area contributed by atoms with E-state index in [1.54, 1.807) is 6.92 Å². The van der Waals surface area contributed by atoms with Crippen molar-refractivity contribution in [2.45, 2.75) is 64.7 Å². The molecule has 0 aromatic heterocycles. The summed E-state index contributed by atoms with van der Waals surface area (Å²) in [6, 6.07) is -0.673. The first-order valence-corrected chi connectivity index (χ1v) is 7.10. The molecule has 0 aliphatic carbocycles. The maximum atomic E-state index is 11.6. The van der Waals surface area contributed by atoms with E-state index >= 15 is 0 Å². The molecular formula is C15H25NO4. The zero-order valence-corrected chi connectivity index (χ0v) is 12.6. The van der Waals surface area contributed by atoms with E-state index in [0.717, 1.165) is 12.8 Å². The average Bonchev–Trinajstić information content (AvgIpc) is 2.46. The van der Waals surface area contributed by atoms with Crippen LogP contribution in [0, 0.1) is 12.3 Å². The average molecular weight is 283 g/mol. The van der Waals surface area contributed by atoms with Crippen molar-refractivity contribution in [1.29, 1.82) is 0 Å². The summed E-state index contributed by atoms with van der Waals surface area (Å²) >= 11 is 0. The number of terminal acetylenes is 1. The van der Waals surface area contributed by atoms with Crippen molar-refractivity contribution in [2.75, 3.05) is 6.61 Å². The van der Waals surface area contributed by atoms with Crippen molar-refractivity contribution in [1.82, 2.24) is 5.32 Å². The van der Waals surface area contributed by atoms with Crippen LogP contribution in [-0.2, 0) is 19.1 Å². The lowest BCUT2D eigenvalue weighted by Crippen LogP contribution is -2.38. The number of ether oxygens (including phenoxy) is 2. The van der Waals surface area contributed by atoms with E-state index in [0.29, 0.717) is 19.3 Å². The number of nitrogens with one attached hydrogen (secondary N) is 1. The van der Waals surface area contributed by atoms with Crippen molar-refractivity contribution in [3.63, 3.8) is 0 Å². The summed E-state index contributed by atoms with van der Waals surface area (Å²) in [4.78, 5) is 22.2. The van der Waals surface area contributed by atoms with Crippen LogP contribution in [0.3, 0.4) is 0 Å². The van der Waals surface area contributed by atoms with E-state index in [1.165, 1.54) is 0 Å². The Balaban J connectivity index is 4.38. The smallest absolute Gasteiger partial charge is 0.328 e. The van der Waals surface area contributed by atoms with Gasteiger partial charge >= 0.3 is 5.97 Å². The van der Waals surface area contributed by atoms with E-state index in [4.69, 9.17) is 15.9 Å². The van der Waals surface area contributed by atoms with Crippen molar-refractivity contribution in [3.8, 4) is 12.3 Å². The molecule has 0 fully saturated rings. The highest BCUT2D eigenvalue weighted by atomic mass is 16.5. The molecule has 2 unspecified atom stereocenters. The van der Waals surface area contributed by atoms with E-state index < -0.39 is 12.0 Å². The minimum atomic E-state index is -0.673. The molecule has 1 N–H and O–H groups in total. The van der Waals surface area contributed by atoms with E-state index in [1.807, 2.05) is 13.8 Å². The van der Waals surface area contributed by atoms with Crippen molar-refractivity contribution >= 4 is 12.4 Å². The van der Waals surface area contributed by atoms with E-state index in [-0.39, 0.29) is 18.8 Å². The largest absolute Gasteiger partial charge is 0.464 e. The Labute approximate surface area is 121 Å². The summed E-state index contributed by atoms with van der Waals surface area (Å²) in [7, 11) is 0. The monoisotopic (exact) mass is 283 g/mol. The van der Waals surface area contributed by atoms with Crippen LogP contribution in [-0.4, -0.2) is 37.2 Å². The molecule has 0 heterocycles. The highest BCUT2D eigenvalue weighted by Crippen LogP contribution is 2.12. The first-order valence-electron chi connectivity index (χ1n) is 7.10. The molecule has 0 saturated heterocycles. The molecule has 1 amide bonds. The van der Waals surface area contributed by atoms with Gasteiger partial charge in [0.25, 0.3) is 0 Å². The van der Waals surface area contributed by atoms with Gasteiger partial charge in [-0.2, -0.15) is 0 Å². The Hall–Kier alpha value is -1.54. The summed E-state index contributed by atoms with van der Waals surface area (Å²) < 4.78 is 10.7. The molecule has 0 radical (unpaired) electrons. The predicted octanol–water partition coefficient (Wildman–Crippen LogP) is 1.65. The molecule has 0 aromatic carbocycles. The lowest BCUT2D eigenvalue weighted by molar-refractivity contribution is -0.146. The third-order valence-corrected chi connectivity index (χ3v) is 3.01. The summed E-state index contributed by atoms with van der Waals surface area (Å²) in [5.41, 5.74) is 0. The fourth-order valence-corrected chi connectivity index (χ4v) is 1.82. The second-order valence-electron chi connectivity index (χ2n) is 4.40. The standard InChI is InChI=1S/C15H25NO4/c1-5-12(6-2)20-13(7-3)9-10-14(16-11-17)15(18)19-8-4/h3,11-14H,5-6,8-10H2,1-2,4H3,(H,16,17). The molecule has 20 heavy (non-hydrogen) atoms. The number of carbonyl (C=O) groups excluding carboxylic acids is 2. The van der Waals surface area contributed by atoms with Crippen LogP contribution in [0.15, 0.2) is 0 Å². The molecule has 0 bridgehead atoms. The van der Waals surface area contributed by atoms with Gasteiger partial charge in [0, 0.05) is 0 Å². The molecule has 114 valence electrons. The van der Waals surface area contributed by atoms with Crippen LogP contribution in [0.1, 0.15) is 46.5 Å². The zero-order chi connectivity index (χ0) is 15.4. The number of hydrogen-bond acceptors (Lipinski definition) is 4. The van der Waals surface area contributed by atoms with Crippen molar-refractivity contribution in [3.05, 3.63) is 0 Å². The topological polar surface area (TPSA) is 64.6 Å². The van der Waals surface area contributed by atoms with Crippen LogP contribution < -0.4 is 5.32 Å². The number of hydrogen-bond donors (Lipinski definition) is 1. The molecule has 0 aromatic rings. The van der Waals surface area contributed by atoms with Crippen molar-refractivity contribution < 1.29 is 19.1 Å². The van der Waals surface area contributed by atoms with Crippen molar-refractivity contribution in [2.24, 2.45) is 0 Å². The lowest BCUT2D eigenvalue weighted by atomic mass is 10.1. The molecule has 0 aliphatic heterocycles. The SMILES string of the molecule is C#CC(CCC(NC=O)C(=O)OCC)OC(CC)CC. The van der Waals surface area contributed by atoms with Crippen LogP contribution in [0.25, 0.3) is 0 Å². The van der Waals surface area contributed by atoms with Crippen LogP contribution in [0.5, 0.6) is 0 Å². The maximum Gasteiger partial charge on any atom is 0.328 e. The normalized spacial score (nSPS) is 13.3. The lowest BCUT2D eigenvalue weighted by Gasteiger charge is -2.21. The van der Waals surface area contributed by atoms with Gasteiger partial charge in [-0.05, 0) is 32.6 Å². The summed E-state index contributed by atoms with van der Waals surface area (Å²) in [6.07, 6.45) is 8.38. The molecule has 0 saturated carbocycles. The van der Waals surface area contributed by atoms with Crippen LogP contribution >= 0.6 is 0 Å². The highest BCUT2D eigenvalue weighted by molar-refractivity contribution is 5.78. The van der Waals surface area contributed by atoms with Gasteiger partial charge in [0.05, 0.1) is 12.7 Å². The quantitative estimate of drug-likeness (QED) is 0.356. The first-order chi connectivity index (χ1) is 9.62. The Morgan fingerprint density at radius 2 is 1.95 bits per heavy atom. The van der Waals surface area contributed by atoms with Gasteiger partial charge in [0.1, 0.15) is 12.1 Å². The molecule has 0 aliphatic rings. The third-order valence-electron chi connectivity index (χ3n) is 3.01. The summed E-state index contributed by atoms with van der Waals surface area (Å²) in [5, 5.41) is 2.45. The summed E-state index contributed by atoms with van der Waals surface area (Å²) in [6.45, 7) is 6.07. The number of rotatable bonds is 11. The van der Waals surface area contributed by atoms with Gasteiger partial charge in [-0.15, -0.1) is 6.42 Å². The summed E-state index contributed by atoms with van der Waals surface area (Å²) in [5.74, 6) is 2.13. The molecular weight excluding hydrogens is 258 g/mol. The maximum absolute atomic E-state index is 11.6. The highest BCUT2D eigenvalue weighted by Gasteiger charge is 2.21. The van der Waals surface area contributed by atoms with E-state index in [2.05, 4.69) is 11.2 Å². The zero-order valence-electron chi connectivity index (χ0n) is 12.6. The Bertz CT molecular complexity index is 320. The molecule has 2 atom stereocenters. The molecule has 5 nitrogen and oxygen atoms in total. The minimum absolute atomic E-state index is 0.121. The van der Waals surface area contributed by atoms with Gasteiger partial charge < -0.3 is 14.8 Å².